The summed E-state index contributed by atoms with van der Waals surface area (Å²) in [6.07, 6.45) is 0. The zero-order valence-electron chi connectivity index (χ0n) is 14.9. The molecule has 4 rings (SSSR count). The van der Waals surface area contributed by atoms with Gasteiger partial charge in [0, 0.05) is 5.56 Å². The van der Waals surface area contributed by atoms with Crippen molar-refractivity contribution in [3.05, 3.63) is 101 Å². The monoisotopic (exact) mass is 356 g/mol. The summed E-state index contributed by atoms with van der Waals surface area (Å²) in [5.41, 5.74) is 6.63. The van der Waals surface area contributed by atoms with Crippen molar-refractivity contribution in [1.82, 2.24) is 0 Å². The van der Waals surface area contributed by atoms with E-state index in [4.69, 9.17) is 17.3 Å². The molecule has 3 heteroatoms. The second kappa shape index (κ2) is 6.85. The molecule has 1 heterocycles. The first-order valence-electron chi connectivity index (χ1n) is 8.74. The number of hydrazone groups is 1. The standard InChI is InChI=1S/C23H20N2S/c1-16-8-12-18(13-9-16)21-23(26)22(19-14-10-17(2)11-15-19)25(24-21)20-6-4-3-5-7-20/h3-15,22H,1-2H3. The molecule has 0 aromatic heterocycles. The minimum Gasteiger partial charge on any atom is -0.252 e. The van der Waals surface area contributed by atoms with E-state index >= 15 is 0 Å². The van der Waals surface area contributed by atoms with Crippen molar-refractivity contribution in [1.29, 1.82) is 0 Å². The minimum absolute atomic E-state index is 0.0655. The lowest BCUT2D eigenvalue weighted by molar-refractivity contribution is 0.828. The van der Waals surface area contributed by atoms with E-state index in [0.717, 1.165) is 27.4 Å². The molecule has 1 atom stereocenters. The van der Waals surface area contributed by atoms with Crippen LogP contribution in [-0.2, 0) is 0 Å². The fourth-order valence-corrected chi connectivity index (χ4v) is 3.59. The van der Waals surface area contributed by atoms with Gasteiger partial charge in [0.25, 0.3) is 0 Å². The van der Waals surface area contributed by atoms with Gasteiger partial charge in [-0.3, -0.25) is 5.01 Å². The highest BCUT2D eigenvalue weighted by Gasteiger charge is 2.34. The Labute approximate surface area is 159 Å². The molecule has 0 spiro atoms. The van der Waals surface area contributed by atoms with Crippen LogP contribution < -0.4 is 5.01 Å². The topological polar surface area (TPSA) is 15.6 Å². The van der Waals surface area contributed by atoms with Crippen LogP contribution in [0.15, 0.2) is 84.0 Å². The van der Waals surface area contributed by atoms with Crippen molar-refractivity contribution in [2.24, 2.45) is 5.10 Å². The maximum atomic E-state index is 5.90. The van der Waals surface area contributed by atoms with Gasteiger partial charge in [0.1, 0.15) is 11.8 Å². The molecule has 0 radical (unpaired) electrons. The predicted molar refractivity (Wildman–Crippen MR) is 113 cm³/mol. The average Bonchev–Trinajstić information content (AvgIpc) is 3.01. The van der Waals surface area contributed by atoms with Crippen LogP contribution in [0.25, 0.3) is 0 Å². The number of nitrogens with zero attached hydrogens (tertiary/aromatic N) is 2. The van der Waals surface area contributed by atoms with E-state index in [1.165, 1.54) is 11.1 Å². The predicted octanol–water partition coefficient (Wildman–Crippen LogP) is 5.64. The smallest absolute Gasteiger partial charge is 0.115 e. The molecule has 1 unspecified atom stereocenters. The number of aryl methyl sites for hydroxylation is 2. The van der Waals surface area contributed by atoms with Crippen LogP contribution in [0.2, 0.25) is 0 Å². The highest BCUT2D eigenvalue weighted by atomic mass is 32.1. The van der Waals surface area contributed by atoms with Gasteiger partial charge in [-0.15, -0.1) is 0 Å². The first kappa shape index (κ1) is 16.7. The molecule has 2 nitrogen and oxygen atoms in total. The van der Waals surface area contributed by atoms with Gasteiger partial charge in [0.15, 0.2) is 0 Å². The Kier molecular flexibility index (Phi) is 4.39. The second-order valence-electron chi connectivity index (χ2n) is 6.67. The maximum Gasteiger partial charge on any atom is 0.115 e. The number of hydrogen-bond acceptors (Lipinski definition) is 3. The molecule has 0 fully saturated rings. The number of thiocarbonyl (C=S) groups is 1. The van der Waals surface area contributed by atoms with E-state index in [2.05, 4.69) is 74.5 Å². The number of hydrogen-bond donors (Lipinski definition) is 0. The van der Waals surface area contributed by atoms with Gasteiger partial charge in [-0.2, -0.15) is 5.10 Å². The Bertz CT molecular complexity index is 957. The lowest BCUT2D eigenvalue weighted by atomic mass is 9.97. The molecule has 128 valence electrons. The Hall–Kier alpha value is -2.78. The molecular formula is C23H20N2S. The van der Waals surface area contributed by atoms with Gasteiger partial charge >= 0.3 is 0 Å². The largest absolute Gasteiger partial charge is 0.252 e. The van der Waals surface area contributed by atoms with E-state index in [0.29, 0.717) is 0 Å². The minimum atomic E-state index is -0.0655. The Morgan fingerprint density at radius 2 is 1.35 bits per heavy atom. The van der Waals surface area contributed by atoms with Gasteiger partial charge in [0.2, 0.25) is 0 Å². The molecular weight excluding hydrogens is 336 g/mol. The third-order valence-corrected chi connectivity index (χ3v) is 5.09. The molecule has 0 N–H and O–H groups in total. The molecule has 26 heavy (non-hydrogen) atoms. The summed E-state index contributed by atoms with van der Waals surface area (Å²) < 4.78 is 0. The Morgan fingerprint density at radius 3 is 1.96 bits per heavy atom. The molecule has 3 aromatic rings. The summed E-state index contributed by atoms with van der Waals surface area (Å²) in [6, 6.07) is 27.1. The van der Waals surface area contributed by atoms with Crippen LogP contribution >= 0.6 is 12.2 Å². The third kappa shape index (κ3) is 3.06. The van der Waals surface area contributed by atoms with Crippen molar-refractivity contribution in [3.63, 3.8) is 0 Å². The van der Waals surface area contributed by atoms with Crippen molar-refractivity contribution in [2.45, 2.75) is 19.9 Å². The van der Waals surface area contributed by atoms with Gasteiger partial charge in [-0.1, -0.05) is 90.1 Å². The van der Waals surface area contributed by atoms with Crippen molar-refractivity contribution >= 4 is 28.5 Å². The summed E-state index contributed by atoms with van der Waals surface area (Å²) in [5, 5.41) is 6.97. The van der Waals surface area contributed by atoms with E-state index < -0.39 is 0 Å². The van der Waals surface area contributed by atoms with Gasteiger partial charge in [0.05, 0.1) is 10.6 Å². The number of anilines is 1. The maximum absolute atomic E-state index is 5.90. The van der Waals surface area contributed by atoms with Gasteiger partial charge < -0.3 is 0 Å². The lowest BCUT2D eigenvalue weighted by Crippen LogP contribution is -2.24. The fraction of sp³-hybridized carbons (Fsp3) is 0.130. The summed E-state index contributed by atoms with van der Waals surface area (Å²) >= 11 is 5.90. The van der Waals surface area contributed by atoms with Crippen LogP contribution in [0.4, 0.5) is 5.69 Å². The zero-order chi connectivity index (χ0) is 18.1. The van der Waals surface area contributed by atoms with Gasteiger partial charge in [-0.25, -0.2) is 0 Å². The summed E-state index contributed by atoms with van der Waals surface area (Å²) in [4.78, 5) is 0.863. The van der Waals surface area contributed by atoms with Crippen LogP contribution in [-0.4, -0.2) is 10.6 Å². The normalized spacial score (nSPS) is 16.7. The Balaban J connectivity index is 1.81. The second-order valence-corrected chi connectivity index (χ2v) is 7.11. The highest BCUT2D eigenvalue weighted by Crippen LogP contribution is 2.35. The van der Waals surface area contributed by atoms with Crippen LogP contribution in [0.5, 0.6) is 0 Å². The lowest BCUT2D eigenvalue weighted by Gasteiger charge is -2.24. The van der Waals surface area contributed by atoms with Crippen LogP contribution in [0.1, 0.15) is 28.3 Å². The summed E-state index contributed by atoms with van der Waals surface area (Å²) in [7, 11) is 0. The van der Waals surface area contributed by atoms with E-state index in [1.54, 1.807) is 0 Å². The number of rotatable bonds is 3. The summed E-state index contributed by atoms with van der Waals surface area (Å²) in [5.74, 6) is 0. The van der Waals surface area contributed by atoms with Gasteiger partial charge in [-0.05, 0) is 31.5 Å². The van der Waals surface area contributed by atoms with E-state index in [-0.39, 0.29) is 6.04 Å². The first-order valence-corrected chi connectivity index (χ1v) is 9.15. The van der Waals surface area contributed by atoms with Crippen molar-refractivity contribution < 1.29 is 0 Å². The average molecular weight is 356 g/mol. The van der Waals surface area contributed by atoms with E-state index in [9.17, 15) is 0 Å². The third-order valence-electron chi connectivity index (χ3n) is 4.67. The molecule has 0 saturated carbocycles. The fourth-order valence-electron chi connectivity index (χ4n) is 3.20. The molecule has 1 aliphatic rings. The zero-order valence-corrected chi connectivity index (χ0v) is 15.7. The molecule has 0 saturated heterocycles. The molecule has 1 aliphatic heterocycles. The molecule has 3 aromatic carbocycles. The van der Waals surface area contributed by atoms with Crippen molar-refractivity contribution in [2.75, 3.05) is 5.01 Å². The SMILES string of the molecule is Cc1ccc(C2=NN(c3ccccc3)C(c3ccc(C)cc3)C2=S)cc1. The van der Waals surface area contributed by atoms with Crippen molar-refractivity contribution in [3.8, 4) is 0 Å². The molecule has 0 bridgehead atoms. The molecule has 0 aliphatic carbocycles. The van der Waals surface area contributed by atoms with Crippen LogP contribution in [0, 0.1) is 13.8 Å². The number of para-hydroxylation sites is 1. The Morgan fingerprint density at radius 1 is 0.769 bits per heavy atom. The van der Waals surface area contributed by atoms with E-state index in [1.807, 2.05) is 23.2 Å². The number of benzene rings is 3. The molecule has 0 amide bonds. The highest BCUT2D eigenvalue weighted by molar-refractivity contribution is 7.82. The summed E-state index contributed by atoms with van der Waals surface area (Å²) in [6.45, 7) is 4.18. The quantitative estimate of drug-likeness (QED) is 0.565. The first-order chi connectivity index (χ1) is 12.6. The van der Waals surface area contributed by atoms with Crippen LogP contribution in [0.3, 0.4) is 0 Å².